The first kappa shape index (κ1) is 94.7. The van der Waals surface area contributed by atoms with Crippen molar-refractivity contribution >= 4 is 19.8 Å². The molecule has 10 heteroatoms. The highest BCUT2D eigenvalue weighted by atomic mass is 31.2. The van der Waals surface area contributed by atoms with Crippen LogP contribution in [0.2, 0.25) is 0 Å². The average molecular weight is 1390 g/mol. The second-order valence-corrected chi connectivity index (χ2v) is 30.6. The van der Waals surface area contributed by atoms with Gasteiger partial charge in [-0.2, -0.15) is 0 Å². The molecule has 0 spiro atoms. The molecule has 98 heavy (non-hydrogen) atoms. The van der Waals surface area contributed by atoms with Gasteiger partial charge in [0.15, 0.2) is 6.10 Å². The molecule has 0 radical (unpaired) electrons. The Balaban J connectivity index is 3.89. The third kappa shape index (κ3) is 81.6. The van der Waals surface area contributed by atoms with Gasteiger partial charge in [-0.3, -0.25) is 18.6 Å². The van der Waals surface area contributed by atoms with Crippen LogP contribution in [-0.4, -0.2) is 74.9 Å². The van der Waals surface area contributed by atoms with Gasteiger partial charge >= 0.3 is 19.8 Å². The second-order valence-electron chi connectivity index (χ2n) is 29.1. The van der Waals surface area contributed by atoms with Gasteiger partial charge in [0.1, 0.15) is 19.8 Å². The Labute approximate surface area is 607 Å². The van der Waals surface area contributed by atoms with E-state index in [1.807, 2.05) is 21.1 Å². The van der Waals surface area contributed by atoms with Crippen molar-refractivity contribution in [2.75, 3.05) is 47.5 Å². The van der Waals surface area contributed by atoms with Gasteiger partial charge in [0, 0.05) is 12.8 Å². The molecule has 0 aliphatic heterocycles. The predicted octanol–water partition coefficient (Wildman–Crippen LogP) is 28.0. The van der Waals surface area contributed by atoms with E-state index in [4.69, 9.17) is 18.5 Å². The molecule has 2 unspecified atom stereocenters. The molecule has 0 bridgehead atoms. The molecule has 1 N–H and O–H groups in total. The number of phosphoric ester groups is 1. The minimum atomic E-state index is -4.40. The molecule has 0 aliphatic carbocycles. The summed E-state index contributed by atoms with van der Waals surface area (Å²) in [6, 6.07) is 0. The summed E-state index contributed by atoms with van der Waals surface area (Å²) in [6.07, 6.45) is 111. The van der Waals surface area contributed by atoms with Crippen molar-refractivity contribution in [3.05, 3.63) is 109 Å². The van der Waals surface area contributed by atoms with Gasteiger partial charge in [-0.1, -0.05) is 386 Å². The fraction of sp³-hybridized carbons (Fsp3) is 0.773. The van der Waals surface area contributed by atoms with Crippen LogP contribution in [0.4, 0.5) is 0 Å². The number of carbonyl (C=O) groups is 2. The summed E-state index contributed by atoms with van der Waals surface area (Å²) < 4.78 is 34.9. The minimum absolute atomic E-state index is 0.0321. The highest BCUT2D eigenvalue weighted by Gasteiger charge is 2.27. The van der Waals surface area contributed by atoms with Crippen molar-refractivity contribution in [1.29, 1.82) is 0 Å². The Morgan fingerprint density at radius 3 is 0.816 bits per heavy atom. The maximum atomic E-state index is 12.9. The zero-order valence-corrected chi connectivity index (χ0v) is 65.9. The molecule has 0 aliphatic rings. The highest BCUT2D eigenvalue weighted by molar-refractivity contribution is 7.47. The lowest BCUT2D eigenvalue weighted by Gasteiger charge is -2.24. The first-order chi connectivity index (χ1) is 48.0. The smallest absolute Gasteiger partial charge is 0.462 e. The molecule has 0 aromatic carbocycles. The monoisotopic (exact) mass is 1390 g/mol. The number of carbonyl (C=O) groups excluding carboxylic acids is 2. The molecule has 0 saturated heterocycles. The molecular weight excluding hydrogens is 1230 g/mol. The minimum Gasteiger partial charge on any atom is -0.462 e. The molecule has 0 rings (SSSR count). The molecule has 0 fully saturated rings. The zero-order chi connectivity index (χ0) is 71.1. The lowest BCUT2D eigenvalue weighted by Crippen LogP contribution is -2.37. The normalized spacial score (nSPS) is 13.6. The van der Waals surface area contributed by atoms with Gasteiger partial charge < -0.3 is 18.9 Å². The molecule has 0 amide bonds. The quantitative estimate of drug-likeness (QED) is 0.0211. The van der Waals surface area contributed by atoms with Crippen LogP contribution in [0, 0.1) is 0 Å². The predicted molar refractivity (Wildman–Crippen MR) is 427 cm³/mol. The lowest BCUT2D eigenvalue weighted by atomic mass is 10.0. The van der Waals surface area contributed by atoms with Gasteiger partial charge in [-0.15, -0.1) is 0 Å². The third-order valence-electron chi connectivity index (χ3n) is 18.3. The van der Waals surface area contributed by atoms with Crippen LogP contribution >= 0.6 is 7.82 Å². The van der Waals surface area contributed by atoms with Crippen LogP contribution in [0.3, 0.4) is 0 Å². The largest absolute Gasteiger partial charge is 0.472 e. The Morgan fingerprint density at radius 1 is 0.316 bits per heavy atom. The molecular formula is C88H159NO8P+. The summed E-state index contributed by atoms with van der Waals surface area (Å²) in [5.74, 6) is -0.778. The van der Waals surface area contributed by atoms with Crippen molar-refractivity contribution in [2.24, 2.45) is 0 Å². The summed E-state index contributed by atoms with van der Waals surface area (Å²) in [5, 5.41) is 0. The second kappa shape index (κ2) is 77.8. The Hall–Kier alpha value is -3.33. The molecule has 0 aromatic rings. The Kier molecular flexibility index (Phi) is 75.2. The number of hydrogen-bond acceptors (Lipinski definition) is 7. The van der Waals surface area contributed by atoms with Crippen molar-refractivity contribution < 1.29 is 42.1 Å². The van der Waals surface area contributed by atoms with Crippen molar-refractivity contribution in [2.45, 2.75) is 392 Å². The summed E-state index contributed by atoms with van der Waals surface area (Å²) in [4.78, 5) is 36.0. The van der Waals surface area contributed by atoms with Crippen LogP contribution in [0.1, 0.15) is 386 Å². The Morgan fingerprint density at radius 2 is 0.551 bits per heavy atom. The first-order valence-corrected chi connectivity index (χ1v) is 43.1. The van der Waals surface area contributed by atoms with Crippen LogP contribution in [0.5, 0.6) is 0 Å². The van der Waals surface area contributed by atoms with Crippen LogP contribution in [0.25, 0.3) is 0 Å². The molecule has 0 aromatic heterocycles. The van der Waals surface area contributed by atoms with Gasteiger partial charge in [-0.05, 0) is 96.3 Å². The number of quaternary nitrogens is 1. The number of esters is 2. The number of ether oxygens (including phenoxy) is 2. The number of rotatable bonds is 77. The van der Waals surface area contributed by atoms with E-state index in [1.165, 1.54) is 263 Å². The number of likely N-dealkylation sites (N-methyl/N-ethyl adjacent to an activating group) is 1. The van der Waals surface area contributed by atoms with E-state index in [0.29, 0.717) is 23.9 Å². The summed E-state index contributed by atoms with van der Waals surface area (Å²) >= 11 is 0. The van der Waals surface area contributed by atoms with Crippen LogP contribution < -0.4 is 0 Å². The number of phosphoric acid groups is 1. The van der Waals surface area contributed by atoms with Crippen molar-refractivity contribution in [3.63, 3.8) is 0 Å². The number of allylic oxidation sites excluding steroid dienone is 18. The topological polar surface area (TPSA) is 108 Å². The van der Waals surface area contributed by atoms with Crippen LogP contribution in [-0.2, 0) is 32.7 Å². The number of hydrogen-bond donors (Lipinski definition) is 1. The molecule has 9 nitrogen and oxygen atoms in total. The van der Waals surface area contributed by atoms with E-state index < -0.39 is 26.5 Å². The van der Waals surface area contributed by atoms with Crippen LogP contribution in [0.15, 0.2) is 109 Å². The van der Waals surface area contributed by atoms with Crippen molar-refractivity contribution in [1.82, 2.24) is 0 Å². The van der Waals surface area contributed by atoms with Gasteiger partial charge in [0.05, 0.1) is 27.7 Å². The van der Waals surface area contributed by atoms with E-state index in [9.17, 15) is 19.0 Å². The maximum absolute atomic E-state index is 12.9. The standard InChI is InChI=1S/C88H158NO8P/c1-6-8-10-12-14-16-18-20-22-24-26-28-30-32-34-36-38-40-41-42-43-44-45-46-47-49-51-53-55-57-59-61-63-65-67-69-71-73-75-77-79-81-88(91)97-86(85-96-98(92,93)95-83-82-89(3,4)5)84-94-87(90)80-78-76-74-72-70-68-66-64-62-60-58-56-54-52-50-48-39-37-35-33-31-29-27-25-23-21-19-17-15-13-11-9-7-2/h8-11,14-17,20-23,26-29,32,34,86H,6-7,12-13,18-19,24-25,30-31,33,35-85H2,1-5H3/p+1/b10-8-,11-9-,16-14-,17-15-,22-20-,23-21-,28-26-,29-27-,34-32-. The highest BCUT2D eigenvalue weighted by Crippen LogP contribution is 2.43. The zero-order valence-electron chi connectivity index (χ0n) is 65.0. The fourth-order valence-corrected chi connectivity index (χ4v) is 12.8. The average Bonchev–Trinajstić information content (AvgIpc) is 1.08. The van der Waals surface area contributed by atoms with Crippen molar-refractivity contribution in [3.8, 4) is 0 Å². The maximum Gasteiger partial charge on any atom is 0.472 e. The van der Waals surface area contributed by atoms with Gasteiger partial charge in [-0.25, -0.2) is 4.57 Å². The third-order valence-corrected chi connectivity index (χ3v) is 19.3. The molecule has 0 saturated carbocycles. The summed E-state index contributed by atoms with van der Waals surface area (Å²) in [5.41, 5.74) is 0. The molecule has 2 atom stereocenters. The van der Waals surface area contributed by atoms with E-state index in [2.05, 4.69) is 123 Å². The summed E-state index contributed by atoms with van der Waals surface area (Å²) in [6.45, 7) is 4.26. The molecule has 0 heterocycles. The van der Waals surface area contributed by atoms with E-state index in [1.54, 1.807) is 0 Å². The van der Waals surface area contributed by atoms with E-state index >= 15 is 0 Å². The molecule has 568 valence electrons. The van der Waals surface area contributed by atoms with E-state index in [-0.39, 0.29) is 25.6 Å². The Bertz CT molecular complexity index is 2030. The van der Waals surface area contributed by atoms with E-state index in [0.717, 1.165) is 89.9 Å². The van der Waals surface area contributed by atoms with Gasteiger partial charge in [0.25, 0.3) is 0 Å². The summed E-state index contributed by atoms with van der Waals surface area (Å²) in [7, 11) is 1.49. The van der Waals surface area contributed by atoms with Gasteiger partial charge in [0.2, 0.25) is 0 Å². The SMILES string of the molecule is CC/C=C\C/C=C\C/C=C\C/C=C\C/C=C\CCCCCCCCCCCCCCCCCCCCCCCCCCCC(=O)OC(COC(=O)CCCCCCCCCCCCCCCCCCCCCC/C=C\C/C=C\C/C=C\C/C=C\CC)COP(=O)(O)OCC[N+](C)(C)C. The number of unbranched alkanes of at least 4 members (excludes halogenated alkanes) is 45. The number of nitrogens with zero attached hydrogens (tertiary/aromatic N) is 1. The first-order valence-electron chi connectivity index (χ1n) is 41.6. The lowest BCUT2D eigenvalue weighted by molar-refractivity contribution is -0.870. The fourth-order valence-electron chi connectivity index (χ4n) is 12.0.